The van der Waals surface area contributed by atoms with Crippen molar-refractivity contribution in [1.29, 1.82) is 0 Å². The third-order valence-electron chi connectivity index (χ3n) is 7.52. The smallest absolute Gasteiger partial charge is 0.410 e. The molecule has 260 valence electrons. The van der Waals surface area contributed by atoms with E-state index in [1.807, 2.05) is 0 Å². The Hall–Kier alpha value is -5.82. The molecule has 0 atom stereocenters. The zero-order valence-electron chi connectivity index (χ0n) is 28.5. The molecule has 0 spiro atoms. The number of hydrogen-bond acceptors (Lipinski definition) is 8. The van der Waals surface area contributed by atoms with Gasteiger partial charge < -0.3 is 35.3 Å². The molecule has 0 aliphatic carbocycles. The lowest BCUT2D eigenvalue weighted by Crippen LogP contribution is -2.39. The molecule has 13 nitrogen and oxygen atoms in total. The number of para-hydroxylation sites is 1. The van der Waals surface area contributed by atoms with Crippen LogP contribution in [-0.4, -0.2) is 88.1 Å². The number of nitrogens with one attached hydrogen (secondary N) is 2. The maximum absolute atomic E-state index is 13.6. The monoisotopic (exact) mass is 699 g/mol. The first kappa shape index (κ1) is 35.5. The molecule has 0 unspecified atom stereocenters. The molecule has 2 heterocycles. The van der Waals surface area contributed by atoms with Crippen LogP contribution in [0.3, 0.4) is 0 Å². The Kier molecular flexibility index (Phi) is 10.2. The fourth-order valence-electron chi connectivity index (χ4n) is 4.96. The number of anilines is 1. The van der Waals surface area contributed by atoms with E-state index in [4.69, 9.17) is 26.8 Å². The summed E-state index contributed by atoms with van der Waals surface area (Å²) in [6.07, 6.45) is 0.882. The van der Waals surface area contributed by atoms with Gasteiger partial charge in [0.1, 0.15) is 22.9 Å². The van der Waals surface area contributed by atoms with Crippen molar-refractivity contribution < 1.29 is 28.7 Å². The standard InChI is InChI=1S/C36H38ClN7O6/c1-36(2,3)50-35(48)43(6)16-15-39-33(46)21-11-13-27-22(17-21)18-28(41-27)31(45)25-20-40-44(32(25)38)29-14-12-23(19-26(29)37)49-30-10-8-7-9-24(30)34(47)42(4)5/h7-14,17-20,41H,15-16,38H2,1-6H3,(H,39,46). The van der Waals surface area contributed by atoms with Crippen LogP contribution in [0, 0.1) is 0 Å². The van der Waals surface area contributed by atoms with Crippen molar-refractivity contribution in [3.63, 3.8) is 0 Å². The number of nitrogens with two attached hydrogens (primary N) is 1. The van der Waals surface area contributed by atoms with Gasteiger partial charge in [0.05, 0.1) is 33.7 Å². The minimum absolute atomic E-state index is 0.0718. The van der Waals surface area contributed by atoms with E-state index >= 15 is 0 Å². The van der Waals surface area contributed by atoms with Crippen LogP contribution in [0.25, 0.3) is 16.6 Å². The molecule has 3 aromatic carbocycles. The average Bonchev–Trinajstić information content (AvgIpc) is 3.66. The Bertz CT molecular complexity index is 2100. The number of fused-ring (bicyclic) bond motifs is 1. The number of benzene rings is 3. The number of aromatic nitrogens is 3. The van der Waals surface area contributed by atoms with E-state index in [0.29, 0.717) is 39.2 Å². The summed E-state index contributed by atoms with van der Waals surface area (Å²) in [7, 11) is 4.92. The summed E-state index contributed by atoms with van der Waals surface area (Å²) in [5.41, 5.74) is 8.04. The molecule has 3 amide bonds. The number of carbonyl (C=O) groups is 4. The highest BCUT2D eigenvalue weighted by molar-refractivity contribution is 6.32. The zero-order chi connectivity index (χ0) is 36.3. The van der Waals surface area contributed by atoms with E-state index < -0.39 is 17.5 Å². The number of hydrogen-bond donors (Lipinski definition) is 3. The number of amides is 3. The molecule has 4 N–H and O–H groups in total. The van der Waals surface area contributed by atoms with Crippen LogP contribution in [0.15, 0.2) is 72.9 Å². The summed E-state index contributed by atoms with van der Waals surface area (Å²) in [5, 5.41) is 8.01. The van der Waals surface area contributed by atoms with Gasteiger partial charge in [-0.25, -0.2) is 9.48 Å². The Morgan fingerprint density at radius 2 is 1.72 bits per heavy atom. The Morgan fingerprint density at radius 3 is 2.42 bits per heavy atom. The predicted octanol–water partition coefficient (Wildman–Crippen LogP) is 5.91. The Balaban J connectivity index is 1.27. The highest BCUT2D eigenvalue weighted by Crippen LogP contribution is 2.32. The number of ether oxygens (including phenoxy) is 2. The van der Waals surface area contributed by atoms with Crippen LogP contribution in [0.5, 0.6) is 11.5 Å². The number of ketones is 1. The number of aromatic amines is 1. The number of rotatable bonds is 10. The fraction of sp³-hybridized carbons (Fsp3) is 0.250. The van der Waals surface area contributed by atoms with Crippen molar-refractivity contribution in [3.8, 4) is 17.2 Å². The van der Waals surface area contributed by atoms with E-state index in [2.05, 4.69) is 15.4 Å². The van der Waals surface area contributed by atoms with Crippen molar-refractivity contribution >= 4 is 52.0 Å². The zero-order valence-corrected chi connectivity index (χ0v) is 29.3. The van der Waals surface area contributed by atoms with Crippen molar-refractivity contribution in [3.05, 3.63) is 100 Å². The van der Waals surface area contributed by atoms with Gasteiger partial charge in [-0.2, -0.15) is 5.10 Å². The average molecular weight is 700 g/mol. The molecule has 0 aliphatic heterocycles. The van der Waals surface area contributed by atoms with E-state index in [1.54, 1.807) is 109 Å². The van der Waals surface area contributed by atoms with Gasteiger partial charge in [-0.3, -0.25) is 14.4 Å². The molecule has 14 heteroatoms. The second-order valence-corrected chi connectivity index (χ2v) is 13.1. The minimum atomic E-state index is -0.617. The van der Waals surface area contributed by atoms with Crippen LogP contribution in [0.2, 0.25) is 5.02 Å². The van der Waals surface area contributed by atoms with Gasteiger partial charge in [0, 0.05) is 56.8 Å². The van der Waals surface area contributed by atoms with Crippen LogP contribution in [0.4, 0.5) is 10.6 Å². The Morgan fingerprint density at radius 1 is 0.980 bits per heavy atom. The highest BCUT2D eigenvalue weighted by Gasteiger charge is 2.23. The minimum Gasteiger partial charge on any atom is -0.456 e. The third kappa shape index (κ3) is 7.90. The first-order valence-corrected chi connectivity index (χ1v) is 16.0. The normalized spacial score (nSPS) is 11.3. The number of likely N-dealkylation sites (N-methyl/N-ethyl adjacent to an activating group) is 1. The quantitative estimate of drug-likeness (QED) is 0.151. The van der Waals surface area contributed by atoms with Gasteiger partial charge in [-0.05, 0) is 69.3 Å². The maximum Gasteiger partial charge on any atom is 0.410 e. The molecule has 50 heavy (non-hydrogen) atoms. The van der Waals surface area contributed by atoms with Crippen molar-refractivity contribution in [2.75, 3.05) is 40.0 Å². The SMILES string of the molecule is CN(C)C(=O)c1ccccc1Oc1ccc(-n2ncc(C(=O)c3cc4cc(C(=O)NCCN(C)C(=O)OC(C)(C)C)ccc4[nH]3)c2N)c(Cl)c1. The number of carbonyl (C=O) groups excluding carboxylic acids is 4. The highest BCUT2D eigenvalue weighted by atomic mass is 35.5. The van der Waals surface area contributed by atoms with Crippen molar-refractivity contribution in [2.45, 2.75) is 26.4 Å². The van der Waals surface area contributed by atoms with Gasteiger partial charge in [-0.1, -0.05) is 23.7 Å². The molecule has 2 aromatic heterocycles. The lowest BCUT2D eigenvalue weighted by molar-refractivity contribution is 0.0299. The topological polar surface area (TPSA) is 165 Å². The van der Waals surface area contributed by atoms with Crippen LogP contribution in [-0.2, 0) is 4.74 Å². The van der Waals surface area contributed by atoms with Gasteiger partial charge in [0.2, 0.25) is 5.78 Å². The number of nitrogens with zero attached hydrogens (tertiary/aromatic N) is 4. The van der Waals surface area contributed by atoms with E-state index in [0.717, 1.165) is 0 Å². The lowest BCUT2D eigenvalue weighted by Gasteiger charge is -2.24. The van der Waals surface area contributed by atoms with E-state index in [1.165, 1.54) is 20.7 Å². The second-order valence-electron chi connectivity index (χ2n) is 12.7. The van der Waals surface area contributed by atoms with Gasteiger partial charge in [0.25, 0.3) is 11.8 Å². The summed E-state index contributed by atoms with van der Waals surface area (Å²) in [6.45, 7) is 5.83. The lowest BCUT2D eigenvalue weighted by atomic mass is 10.1. The van der Waals surface area contributed by atoms with Crippen molar-refractivity contribution in [2.24, 2.45) is 0 Å². The molecular formula is C36H38ClN7O6. The molecule has 0 saturated heterocycles. The third-order valence-corrected chi connectivity index (χ3v) is 7.82. The summed E-state index contributed by atoms with van der Waals surface area (Å²) in [4.78, 5) is 57.1. The summed E-state index contributed by atoms with van der Waals surface area (Å²) < 4.78 is 12.7. The predicted molar refractivity (Wildman–Crippen MR) is 190 cm³/mol. The number of nitrogen functional groups attached to an aromatic ring is 1. The second kappa shape index (κ2) is 14.3. The summed E-state index contributed by atoms with van der Waals surface area (Å²) >= 11 is 6.62. The Labute approximate surface area is 293 Å². The molecule has 0 fully saturated rings. The van der Waals surface area contributed by atoms with Crippen LogP contribution in [0.1, 0.15) is 57.5 Å². The molecular weight excluding hydrogens is 662 g/mol. The fourth-order valence-corrected chi connectivity index (χ4v) is 5.21. The summed E-state index contributed by atoms with van der Waals surface area (Å²) in [5.74, 6) is -0.108. The van der Waals surface area contributed by atoms with Gasteiger partial charge >= 0.3 is 6.09 Å². The van der Waals surface area contributed by atoms with Crippen LogP contribution >= 0.6 is 11.6 Å². The maximum atomic E-state index is 13.6. The molecule has 0 saturated carbocycles. The van der Waals surface area contributed by atoms with E-state index in [-0.39, 0.29) is 47.0 Å². The van der Waals surface area contributed by atoms with E-state index in [9.17, 15) is 19.2 Å². The molecule has 0 radical (unpaired) electrons. The number of halogens is 1. The first-order valence-electron chi connectivity index (χ1n) is 15.6. The van der Waals surface area contributed by atoms with Gasteiger partial charge in [0.15, 0.2) is 0 Å². The van der Waals surface area contributed by atoms with Gasteiger partial charge in [-0.15, -0.1) is 0 Å². The molecule has 5 rings (SSSR count). The largest absolute Gasteiger partial charge is 0.456 e. The molecule has 5 aromatic rings. The summed E-state index contributed by atoms with van der Waals surface area (Å²) in [6, 6.07) is 18.4. The number of H-pyrrole nitrogens is 1. The molecule has 0 bridgehead atoms. The molecule has 0 aliphatic rings. The van der Waals surface area contributed by atoms with Crippen molar-refractivity contribution in [1.82, 2.24) is 29.9 Å². The first-order chi connectivity index (χ1) is 23.6. The van der Waals surface area contributed by atoms with Crippen LogP contribution < -0.4 is 15.8 Å².